The van der Waals surface area contributed by atoms with Crippen LogP contribution in [0, 0.1) is 29.2 Å². The van der Waals surface area contributed by atoms with Crippen LogP contribution in [0.2, 0.25) is 0 Å². The van der Waals surface area contributed by atoms with Crippen LogP contribution in [-0.4, -0.2) is 9.13 Å². The van der Waals surface area contributed by atoms with Crippen molar-refractivity contribution >= 4 is 49.3 Å². The molecule has 0 saturated carbocycles. The van der Waals surface area contributed by atoms with E-state index in [0.29, 0.717) is 16.8 Å². The van der Waals surface area contributed by atoms with Gasteiger partial charge in [0.05, 0.1) is 52.0 Å². The minimum absolute atomic E-state index is 0.422. The Labute approximate surface area is 288 Å². The number of para-hydroxylation sites is 4. The van der Waals surface area contributed by atoms with Crippen LogP contribution in [0.15, 0.2) is 152 Å². The number of nitriles is 2. The zero-order valence-electron chi connectivity index (χ0n) is 26.7. The third-order valence-electron chi connectivity index (χ3n) is 9.61. The first kappa shape index (κ1) is 28.8. The Kier molecular flexibility index (Phi) is 6.56. The van der Waals surface area contributed by atoms with E-state index in [9.17, 15) is 10.5 Å². The highest BCUT2D eigenvalue weighted by Gasteiger charge is 2.20. The first-order valence-electron chi connectivity index (χ1n) is 16.3. The van der Waals surface area contributed by atoms with Crippen LogP contribution in [0.4, 0.5) is 5.69 Å². The first-order chi connectivity index (χ1) is 24.7. The molecule has 2 heterocycles. The molecule has 0 aliphatic rings. The molecule has 0 N–H and O–H groups in total. The molecule has 2 aromatic heterocycles. The van der Waals surface area contributed by atoms with Gasteiger partial charge in [0.15, 0.2) is 5.69 Å². The fraction of sp³-hybridized carbons (Fsp3) is 0. The largest absolute Gasteiger partial charge is 0.309 e. The lowest BCUT2D eigenvalue weighted by Gasteiger charge is -2.17. The summed E-state index contributed by atoms with van der Waals surface area (Å²) in [6.45, 7) is 8.18. The quantitative estimate of drug-likeness (QED) is 0.181. The van der Waals surface area contributed by atoms with Gasteiger partial charge in [0, 0.05) is 32.8 Å². The van der Waals surface area contributed by atoms with Gasteiger partial charge in [-0.05, 0) is 82.9 Å². The second kappa shape index (κ2) is 11.4. The predicted octanol–water partition coefficient (Wildman–Crippen LogP) is 11.5. The van der Waals surface area contributed by atoms with E-state index < -0.39 is 0 Å². The Morgan fingerprint density at radius 3 is 1.78 bits per heavy atom. The summed E-state index contributed by atoms with van der Waals surface area (Å²) in [6, 6.07) is 55.5. The Morgan fingerprint density at radius 1 is 0.480 bits per heavy atom. The topological polar surface area (TPSA) is 61.8 Å². The molecule has 50 heavy (non-hydrogen) atoms. The van der Waals surface area contributed by atoms with E-state index >= 15 is 0 Å². The maximum atomic E-state index is 10.4. The highest BCUT2D eigenvalue weighted by molar-refractivity contribution is 6.11. The van der Waals surface area contributed by atoms with E-state index in [-0.39, 0.29) is 0 Å². The van der Waals surface area contributed by atoms with Crippen molar-refractivity contribution in [3.8, 4) is 45.8 Å². The van der Waals surface area contributed by atoms with Crippen molar-refractivity contribution in [2.75, 3.05) is 0 Å². The van der Waals surface area contributed by atoms with Gasteiger partial charge in [-0.1, -0.05) is 91.0 Å². The van der Waals surface area contributed by atoms with E-state index in [0.717, 1.165) is 77.2 Å². The summed E-state index contributed by atoms with van der Waals surface area (Å²) in [5, 5.41) is 24.4. The van der Waals surface area contributed by atoms with E-state index in [2.05, 4.69) is 111 Å². The summed E-state index contributed by atoms with van der Waals surface area (Å²) in [5.41, 5.74) is 10.8. The second-order valence-corrected chi connectivity index (χ2v) is 12.3. The molecule has 5 nitrogen and oxygen atoms in total. The van der Waals surface area contributed by atoms with Crippen molar-refractivity contribution in [3.05, 3.63) is 174 Å². The normalized spacial score (nSPS) is 11.1. The molecule has 0 fully saturated rings. The molecule has 0 amide bonds. The maximum Gasteiger partial charge on any atom is 0.196 e. The summed E-state index contributed by atoms with van der Waals surface area (Å²) >= 11 is 0. The van der Waals surface area contributed by atoms with Gasteiger partial charge in [-0.25, -0.2) is 4.85 Å². The number of nitrogens with zero attached hydrogens (tertiary/aromatic N) is 5. The van der Waals surface area contributed by atoms with Crippen molar-refractivity contribution in [2.24, 2.45) is 0 Å². The van der Waals surface area contributed by atoms with Crippen molar-refractivity contribution in [2.45, 2.75) is 0 Å². The molecule has 9 aromatic rings. The predicted molar refractivity (Wildman–Crippen MR) is 202 cm³/mol. The van der Waals surface area contributed by atoms with Crippen LogP contribution in [0.25, 0.3) is 82.1 Å². The summed E-state index contributed by atoms with van der Waals surface area (Å²) in [4.78, 5) is 3.94. The van der Waals surface area contributed by atoms with Crippen LogP contribution in [-0.2, 0) is 0 Å². The minimum Gasteiger partial charge on any atom is -0.309 e. The fourth-order valence-electron chi connectivity index (χ4n) is 7.44. The molecule has 5 heteroatoms. The van der Waals surface area contributed by atoms with Crippen molar-refractivity contribution < 1.29 is 0 Å². The summed E-state index contributed by atoms with van der Waals surface area (Å²) < 4.78 is 4.47. The second-order valence-electron chi connectivity index (χ2n) is 12.3. The average Bonchev–Trinajstić information content (AvgIpc) is 3.70. The number of hydrogen-bond donors (Lipinski definition) is 0. The van der Waals surface area contributed by atoms with Crippen LogP contribution in [0.3, 0.4) is 0 Å². The van der Waals surface area contributed by atoms with E-state index in [4.69, 9.17) is 6.57 Å². The number of aromatic nitrogens is 2. The number of fused-ring (bicyclic) bond motifs is 6. The molecule has 0 spiro atoms. The lowest BCUT2D eigenvalue weighted by atomic mass is 9.92. The van der Waals surface area contributed by atoms with Crippen LogP contribution in [0.1, 0.15) is 11.1 Å². The number of benzene rings is 7. The van der Waals surface area contributed by atoms with Crippen molar-refractivity contribution in [1.82, 2.24) is 9.13 Å². The van der Waals surface area contributed by atoms with Gasteiger partial charge in [-0.15, -0.1) is 0 Å². The molecular formula is C45H25N5. The Bertz CT molecular complexity index is 2920. The summed E-state index contributed by atoms with van der Waals surface area (Å²) in [7, 11) is 0. The first-order valence-corrected chi connectivity index (χ1v) is 16.3. The van der Waals surface area contributed by atoms with Gasteiger partial charge in [-0.2, -0.15) is 10.5 Å². The zero-order valence-corrected chi connectivity index (χ0v) is 26.7. The molecule has 0 atom stereocenters. The van der Waals surface area contributed by atoms with Crippen LogP contribution in [0.5, 0.6) is 0 Å². The molecular weight excluding hydrogens is 611 g/mol. The highest BCUT2D eigenvalue weighted by atomic mass is 15.0. The number of rotatable bonds is 4. The Balaban J connectivity index is 1.27. The third-order valence-corrected chi connectivity index (χ3v) is 9.61. The zero-order chi connectivity index (χ0) is 33.8. The smallest absolute Gasteiger partial charge is 0.196 e. The molecule has 0 aliphatic carbocycles. The van der Waals surface area contributed by atoms with E-state index in [1.54, 1.807) is 6.07 Å². The Morgan fingerprint density at radius 2 is 1.10 bits per heavy atom. The molecule has 0 unspecified atom stereocenters. The lowest BCUT2D eigenvalue weighted by molar-refractivity contribution is 1.18. The molecule has 7 aromatic carbocycles. The fourth-order valence-corrected chi connectivity index (χ4v) is 7.44. The van der Waals surface area contributed by atoms with Crippen molar-refractivity contribution in [1.29, 1.82) is 10.5 Å². The standard InChI is InChI=1S/C45H25N5/c1-48-40-25-31(28-47)37(30-11-10-12-32(24-30)49-41-17-6-5-16-36(41)39-23-29(27-46)21-22-45(39)49)26-38(40)35-15-4-9-20-44(35)50-42-18-7-2-13-33(42)34-14-3-8-19-43(34)50/h2-26H. The number of hydrogen-bond acceptors (Lipinski definition) is 2. The Hall–Kier alpha value is -7.39. The van der Waals surface area contributed by atoms with Gasteiger partial charge < -0.3 is 9.13 Å². The molecule has 9 rings (SSSR count). The van der Waals surface area contributed by atoms with Crippen LogP contribution < -0.4 is 0 Å². The third kappa shape index (κ3) is 4.31. The van der Waals surface area contributed by atoms with Gasteiger partial charge in [0.25, 0.3) is 0 Å². The summed E-state index contributed by atoms with van der Waals surface area (Å²) in [6.07, 6.45) is 0. The molecule has 0 radical (unpaired) electrons. The highest BCUT2D eigenvalue weighted by Crippen LogP contribution is 2.42. The molecule has 0 aliphatic heterocycles. The van der Waals surface area contributed by atoms with Gasteiger partial charge in [-0.3, -0.25) is 0 Å². The molecule has 0 bridgehead atoms. The SMILES string of the molecule is [C-]#[N+]c1cc(C#N)c(-c2cccc(-n3c4ccccc4c4cc(C#N)ccc43)c2)cc1-c1ccccc1-n1c2ccccc2c2ccccc21. The average molecular weight is 636 g/mol. The van der Waals surface area contributed by atoms with E-state index in [1.807, 2.05) is 60.7 Å². The molecule has 230 valence electrons. The monoisotopic (exact) mass is 635 g/mol. The maximum absolute atomic E-state index is 10.4. The van der Waals surface area contributed by atoms with Crippen molar-refractivity contribution in [3.63, 3.8) is 0 Å². The lowest BCUT2D eigenvalue weighted by Crippen LogP contribution is -1.98. The van der Waals surface area contributed by atoms with Gasteiger partial charge in [0.1, 0.15) is 0 Å². The van der Waals surface area contributed by atoms with Crippen LogP contribution >= 0.6 is 0 Å². The minimum atomic E-state index is 0.422. The summed E-state index contributed by atoms with van der Waals surface area (Å²) in [5.74, 6) is 0. The van der Waals surface area contributed by atoms with Gasteiger partial charge >= 0.3 is 0 Å². The molecule has 0 saturated heterocycles. The van der Waals surface area contributed by atoms with Gasteiger partial charge in [0.2, 0.25) is 0 Å². The van der Waals surface area contributed by atoms with E-state index in [1.165, 1.54) is 0 Å².